The summed E-state index contributed by atoms with van der Waals surface area (Å²) in [6.45, 7) is 5.81. The maximum atomic E-state index is 12.7. The molecule has 6 nitrogen and oxygen atoms in total. The molecule has 1 aliphatic rings. The van der Waals surface area contributed by atoms with E-state index in [0.717, 1.165) is 48.0 Å². The molecular formula is C25H31N3O3. The number of para-hydroxylation sites is 1. The van der Waals surface area contributed by atoms with E-state index < -0.39 is 5.60 Å². The Morgan fingerprint density at radius 2 is 1.81 bits per heavy atom. The van der Waals surface area contributed by atoms with E-state index in [1.807, 2.05) is 61.9 Å². The van der Waals surface area contributed by atoms with Gasteiger partial charge < -0.3 is 15.2 Å². The van der Waals surface area contributed by atoms with E-state index in [0.29, 0.717) is 5.56 Å². The van der Waals surface area contributed by atoms with Crippen LogP contribution in [0, 0.1) is 6.92 Å². The summed E-state index contributed by atoms with van der Waals surface area (Å²) in [5.74, 6) is -0.0480. The quantitative estimate of drug-likeness (QED) is 0.627. The maximum Gasteiger partial charge on any atom is 0.251 e. The summed E-state index contributed by atoms with van der Waals surface area (Å²) in [4.78, 5) is 12.7. The average Bonchev–Trinajstić information content (AvgIpc) is 3.12. The topological polar surface area (TPSA) is 76.4 Å². The van der Waals surface area contributed by atoms with Crippen molar-refractivity contribution in [2.75, 3.05) is 6.61 Å². The van der Waals surface area contributed by atoms with Gasteiger partial charge in [-0.25, -0.2) is 4.68 Å². The molecule has 3 aromatic rings. The van der Waals surface area contributed by atoms with Crippen LogP contribution in [0.2, 0.25) is 0 Å². The first-order valence-electron chi connectivity index (χ1n) is 11.0. The number of aryl methyl sites for hydroxylation is 1. The molecule has 31 heavy (non-hydrogen) atoms. The zero-order valence-corrected chi connectivity index (χ0v) is 18.5. The summed E-state index contributed by atoms with van der Waals surface area (Å²) in [5, 5.41) is 18.3. The molecule has 164 valence electrons. The van der Waals surface area contributed by atoms with Crippen molar-refractivity contribution in [1.29, 1.82) is 0 Å². The largest absolute Gasteiger partial charge is 0.393 e. The number of amides is 1. The number of aromatic nitrogens is 2. The molecule has 2 aromatic carbocycles. The lowest BCUT2D eigenvalue weighted by atomic mass is 9.92. The molecule has 1 aromatic heterocycles. The zero-order chi connectivity index (χ0) is 22.0. The number of hydrogen-bond acceptors (Lipinski definition) is 4. The molecule has 6 heteroatoms. The second-order valence-electron chi connectivity index (χ2n) is 9.04. The third-order valence-electron chi connectivity index (χ3n) is 6.02. The monoisotopic (exact) mass is 421 g/mol. The van der Waals surface area contributed by atoms with Crippen LogP contribution in [0.15, 0.2) is 48.5 Å². The molecule has 0 radical (unpaired) electrons. The highest BCUT2D eigenvalue weighted by Gasteiger charge is 2.28. The third-order valence-corrected chi connectivity index (χ3v) is 6.02. The summed E-state index contributed by atoms with van der Waals surface area (Å²) < 4.78 is 7.90. The van der Waals surface area contributed by atoms with Crippen LogP contribution >= 0.6 is 0 Å². The Morgan fingerprint density at radius 3 is 2.48 bits per heavy atom. The second-order valence-corrected chi connectivity index (χ2v) is 9.04. The molecule has 1 fully saturated rings. The molecule has 1 heterocycles. The van der Waals surface area contributed by atoms with Gasteiger partial charge in [-0.1, -0.05) is 18.2 Å². The van der Waals surface area contributed by atoms with Crippen molar-refractivity contribution in [2.24, 2.45) is 0 Å². The molecule has 0 saturated heterocycles. The number of hydrogen-bond donors (Lipinski definition) is 2. The third kappa shape index (κ3) is 4.81. The van der Waals surface area contributed by atoms with Crippen LogP contribution < -0.4 is 5.32 Å². The number of carbonyl (C=O) groups is 1. The minimum absolute atomic E-state index is 0.00749. The molecule has 1 amide bonds. The normalized spacial score (nSPS) is 19.5. The molecule has 4 rings (SSSR count). The van der Waals surface area contributed by atoms with Crippen LogP contribution in [0.25, 0.3) is 16.6 Å². The SMILES string of the molecule is Cc1nn(-c2ccc(C(=O)NC3CCC(OC(C)(C)CO)CC3)cc2)c2ccccc12. The van der Waals surface area contributed by atoms with Crippen LogP contribution in [0.1, 0.15) is 55.6 Å². The lowest BCUT2D eigenvalue weighted by Crippen LogP contribution is -2.41. The number of rotatable bonds is 6. The number of aliphatic hydroxyl groups excluding tert-OH is 1. The highest BCUT2D eigenvalue weighted by molar-refractivity contribution is 5.94. The van der Waals surface area contributed by atoms with Gasteiger partial charge in [-0.2, -0.15) is 5.10 Å². The van der Waals surface area contributed by atoms with E-state index in [1.165, 1.54) is 0 Å². The van der Waals surface area contributed by atoms with Gasteiger partial charge in [0.25, 0.3) is 5.91 Å². The van der Waals surface area contributed by atoms with Gasteiger partial charge in [-0.15, -0.1) is 0 Å². The lowest BCUT2D eigenvalue weighted by molar-refractivity contribution is -0.109. The van der Waals surface area contributed by atoms with E-state index in [1.54, 1.807) is 0 Å². The summed E-state index contributed by atoms with van der Waals surface area (Å²) in [6.07, 6.45) is 3.68. The highest BCUT2D eigenvalue weighted by atomic mass is 16.5. The Labute approximate surface area is 183 Å². The maximum absolute atomic E-state index is 12.7. The zero-order valence-electron chi connectivity index (χ0n) is 18.5. The Hall–Kier alpha value is -2.70. The van der Waals surface area contributed by atoms with Crippen molar-refractivity contribution in [3.05, 3.63) is 59.8 Å². The van der Waals surface area contributed by atoms with Crippen LogP contribution in [0.3, 0.4) is 0 Å². The van der Waals surface area contributed by atoms with Crippen molar-refractivity contribution in [3.63, 3.8) is 0 Å². The molecule has 0 unspecified atom stereocenters. The van der Waals surface area contributed by atoms with Crippen LogP contribution in [-0.2, 0) is 4.74 Å². The Morgan fingerprint density at radius 1 is 1.13 bits per heavy atom. The number of nitrogens with one attached hydrogen (secondary N) is 1. The number of aliphatic hydroxyl groups is 1. The fourth-order valence-electron chi connectivity index (χ4n) is 4.26. The van der Waals surface area contributed by atoms with E-state index in [4.69, 9.17) is 4.74 Å². The first-order chi connectivity index (χ1) is 14.9. The van der Waals surface area contributed by atoms with Crippen molar-refractivity contribution < 1.29 is 14.6 Å². The second kappa shape index (κ2) is 8.81. The van der Waals surface area contributed by atoms with E-state index >= 15 is 0 Å². The highest BCUT2D eigenvalue weighted by Crippen LogP contribution is 2.26. The lowest BCUT2D eigenvalue weighted by Gasteiger charge is -2.34. The van der Waals surface area contributed by atoms with Gasteiger partial charge >= 0.3 is 0 Å². The van der Waals surface area contributed by atoms with Crippen molar-refractivity contribution >= 4 is 16.8 Å². The molecule has 0 atom stereocenters. The van der Waals surface area contributed by atoms with Crippen LogP contribution in [0.5, 0.6) is 0 Å². The smallest absolute Gasteiger partial charge is 0.251 e. The standard InChI is InChI=1S/C25H31N3O3/c1-17-22-6-4-5-7-23(22)28(27-17)20-12-8-18(9-13-20)24(30)26-19-10-14-21(15-11-19)31-25(2,3)16-29/h4-9,12-13,19,21,29H,10-11,14-16H2,1-3H3,(H,26,30). The fourth-order valence-corrected chi connectivity index (χ4v) is 4.26. The summed E-state index contributed by atoms with van der Waals surface area (Å²) in [6, 6.07) is 15.9. The van der Waals surface area contributed by atoms with Crippen molar-refractivity contribution in [3.8, 4) is 5.69 Å². The predicted octanol–water partition coefficient (Wildman–Crippen LogP) is 4.16. The minimum atomic E-state index is -0.513. The van der Waals surface area contributed by atoms with E-state index in [-0.39, 0.29) is 24.7 Å². The van der Waals surface area contributed by atoms with Gasteiger partial charge in [0.05, 0.1) is 35.2 Å². The molecule has 0 bridgehead atoms. The molecule has 0 spiro atoms. The molecular weight excluding hydrogens is 390 g/mol. The summed E-state index contributed by atoms with van der Waals surface area (Å²) >= 11 is 0. The number of fused-ring (bicyclic) bond motifs is 1. The van der Waals surface area contributed by atoms with Gasteiger partial charge in [-0.3, -0.25) is 4.79 Å². The van der Waals surface area contributed by atoms with E-state index in [2.05, 4.69) is 22.5 Å². The molecule has 0 aliphatic heterocycles. The Kier molecular flexibility index (Phi) is 6.12. The number of nitrogens with zero attached hydrogens (tertiary/aromatic N) is 2. The fraction of sp³-hybridized carbons (Fsp3) is 0.440. The van der Waals surface area contributed by atoms with Gasteiger partial charge in [0.1, 0.15) is 0 Å². The minimum Gasteiger partial charge on any atom is -0.393 e. The molecule has 1 saturated carbocycles. The summed E-state index contributed by atoms with van der Waals surface area (Å²) in [5.41, 5.74) is 3.11. The van der Waals surface area contributed by atoms with E-state index in [9.17, 15) is 9.90 Å². The first kappa shape index (κ1) is 21.5. The van der Waals surface area contributed by atoms with Gasteiger partial charge in [0, 0.05) is 17.0 Å². The van der Waals surface area contributed by atoms with Crippen molar-refractivity contribution in [1.82, 2.24) is 15.1 Å². The van der Waals surface area contributed by atoms with Crippen LogP contribution in [0.4, 0.5) is 0 Å². The van der Waals surface area contributed by atoms with Gasteiger partial charge in [0.15, 0.2) is 0 Å². The van der Waals surface area contributed by atoms with Gasteiger partial charge in [0.2, 0.25) is 0 Å². The Balaban J connectivity index is 1.37. The summed E-state index contributed by atoms with van der Waals surface area (Å²) in [7, 11) is 0. The average molecular weight is 422 g/mol. The Bertz CT molecular complexity index is 1050. The first-order valence-corrected chi connectivity index (χ1v) is 11.0. The number of benzene rings is 2. The number of ether oxygens (including phenoxy) is 1. The number of carbonyl (C=O) groups excluding carboxylic acids is 1. The van der Waals surface area contributed by atoms with Crippen molar-refractivity contribution in [2.45, 2.75) is 64.2 Å². The molecule has 1 aliphatic carbocycles. The van der Waals surface area contributed by atoms with Gasteiger partial charge in [-0.05, 0) is 76.8 Å². The molecule has 2 N–H and O–H groups in total. The van der Waals surface area contributed by atoms with Crippen LogP contribution in [-0.4, -0.2) is 45.1 Å². The predicted molar refractivity (Wildman–Crippen MR) is 122 cm³/mol.